The maximum absolute atomic E-state index is 14.7. The molecule has 1 atom stereocenters. The van der Waals surface area contributed by atoms with E-state index in [0.717, 1.165) is 21.0 Å². The van der Waals surface area contributed by atoms with E-state index in [4.69, 9.17) is 32.7 Å². The first kappa shape index (κ1) is 37.6. The summed E-state index contributed by atoms with van der Waals surface area (Å²) in [7, 11) is -1.52. The molecule has 4 aromatic carbocycles. The van der Waals surface area contributed by atoms with E-state index in [2.05, 4.69) is 5.32 Å². The lowest BCUT2D eigenvalue weighted by atomic mass is 10.0. The number of benzene rings is 4. The second-order valence-corrected chi connectivity index (χ2v) is 14.3. The van der Waals surface area contributed by atoms with Crippen LogP contribution >= 0.6 is 23.2 Å². The Morgan fingerprint density at radius 1 is 0.837 bits per heavy atom. The molecule has 0 aliphatic rings. The Labute approximate surface area is 298 Å². The van der Waals surface area contributed by atoms with Gasteiger partial charge in [0.15, 0.2) is 11.5 Å². The van der Waals surface area contributed by atoms with Gasteiger partial charge in [-0.2, -0.15) is 0 Å². The first-order valence-corrected chi connectivity index (χ1v) is 18.0. The SMILES string of the molecule is CCCNC(=O)C(Cc1ccccc1)N(Cc1c(Cl)cccc1Cl)C(=O)CN(c1cc(C)cc(C)c1)S(=O)(=O)c1ccc(OC)c(OC)c1. The molecule has 4 rings (SSSR count). The number of rotatable bonds is 15. The van der Waals surface area contributed by atoms with Crippen LogP contribution in [-0.2, 0) is 32.6 Å². The Balaban J connectivity index is 1.88. The number of amides is 2. The van der Waals surface area contributed by atoms with Gasteiger partial charge < -0.3 is 19.7 Å². The molecule has 12 heteroatoms. The summed E-state index contributed by atoms with van der Waals surface area (Å²) in [5, 5.41) is 3.54. The first-order valence-electron chi connectivity index (χ1n) is 15.8. The molecule has 0 saturated carbocycles. The average Bonchev–Trinajstić information content (AvgIpc) is 3.08. The minimum Gasteiger partial charge on any atom is -0.493 e. The second-order valence-electron chi connectivity index (χ2n) is 11.6. The van der Waals surface area contributed by atoms with Crippen LogP contribution in [0.2, 0.25) is 10.0 Å². The third kappa shape index (κ3) is 9.26. The smallest absolute Gasteiger partial charge is 0.264 e. The highest BCUT2D eigenvalue weighted by atomic mass is 35.5. The van der Waals surface area contributed by atoms with Gasteiger partial charge in [0.25, 0.3) is 10.0 Å². The minimum atomic E-state index is -4.38. The van der Waals surface area contributed by atoms with Crippen LogP contribution in [0.15, 0.2) is 89.8 Å². The summed E-state index contributed by atoms with van der Waals surface area (Å²) in [5.41, 5.74) is 3.13. The molecule has 9 nitrogen and oxygen atoms in total. The number of carbonyl (C=O) groups is 2. The van der Waals surface area contributed by atoms with Crippen molar-refractivity contribution < 1.29 is 27.5 Å². The largest absolute Gasteiger partial charge is 0.493 e. The highest BCUT2D eigenvalue weighted by molar-refractivity contribution is 7.92. The zero-order valence-corrected chi connectivity index (χ0v) is 30.5. The van der Waals surface area contributed by atoms with Crippen LogP contribution in [0.1, 0.15) is 35.6 Å². The summed E-state index contributed by atoms with van der Waals surface area (Å²) in [4.78, 5) is 29.9. The van der Waals surface area contributed by atoms with Gasteiger partial charge >= 0.3 is 0 Å². The molecule has 1 N–H and O–H groups in total. The van der Waals surface area contributed by atoms with Crippen molar-refractivity contribution in [2.75, 3.05) is 31.6 Å². The van der Waals surface area contributed by atoms with Crippen LogP contribution < -0.4 is 19.1 Å². The monoisotopic (exact) mass is 725 g/mol. The van der Waals surface area contributed by atoms with E-state index in [-0.39, 0.29) is 35.2 Å². The molecule has 0 heterocycles. The quantitative estimate of drug-likeness (QED) is 0.142. The number of carbonyl (C=O) groups excluding carboxylic acids is 2. The van der Waals surface area contributed by atoms with Crippen LogP contribution in [0.4, 0.5) is 5.69 Å². The van der Waals surface area contributed by atoms with Gasteiger partial charge in [0.2, 0.25) is 11.8 Å². The van der Waals surface area contributed by atoms with E-state index in [9.17, 15) is 18.0 Å². The Bertz CT molecular complexity index is 1850. The van der Waals surface area contributed by atoms with E-state index in [1.54, 1.807) is 30.3 Å². The summed E-state index contributed by atoms with van der Waals surface area (Å²) < 4.78 is 40.8. The Morgan fingerprint density at radius 2 is 1.47 bits per heavy atom. The molecule has 0 aliphatic heterocycles. The summed E-state index contributed by atoms with van der Waals surface area (Å²) in [5.74, 6) is -0.462. The number of hydrogen-bond donors (Lipinski definition) is 1. The number of nitrogens with one attached hydrogen (secondary N) is 1. The molecule has 0 radical (unpaired) electrons. The fraction of sp³-hybridized carbons (Fsp3) is 0.297. The fourth-order valence-electron chi connectivity index (χ4n) is 5.50. The van der Waals surface area contributed by atoms with E-state index in [1.807, 2.05) is 57.2 Å². The lowest BCUT2D eigenvalue weighted by molar-refractivity contribution is -0.140. The number of hydrogen-bond acceptors (Lipinski definition) is 6. The average molecular weight is 727 g/mol. The van der Waals surface area contributed by atoms with Crippen molar-refractivity contribution >= 4 is 50.7 Å². The Kier molecular flexibility index (Phi) is 13.0. The van der Waals surface area contributed by atoms with E-state index < -0.39 is 28.5 Å². The van der Waals surface area contributed by atoms with Crippen LogP contribution in [0.3, 0.4) is 0 Å². The zero-order valence-electron chi connectivity index (χ0n) is 28.2. The van der Waals surface area contributed by atoms with E-state index in [1.165, 1.54) is 37.3 Å². The molecule has 4 aromatic rings. The second kappa shape index (κ2) is 16.9. The predicted molar refractivity (Wildman–Crippen MR) is 194 cm³/mol. The molecule has 1 unspecified atom stereocenters. The van der Waals surface area contributed by atoms with Gasteiger partial charge in [0.1, 0.15) is 12.6 Å². The van der Waals surface area contributed by atoms with Crippen molar-refractivity contribution in [1.82, 2.24) is 10.2 Å². The fourth-order valence-corrected chi connectivity index (χ4v) is 7.43. The van der Waals surface area contributed by atoms with Crippen LogP contribution in [0.5, 0.6) is 11.5 Å². The number of nitrogens with zero attached hydrogens (tertiary/aromatic N) is 2. The van der Waals surface area contributed by atoms with Gasteiger partial charge in [-0.3, -0.25) is 13.9 Å². The molecule has 0 aromatic heterocycles. The number of halogens is 2. The number of sulfonamides is 1. The maximum atomic E-state index is 14.7. The number of anilines is 1. The highest BCUT2D eigenvalue weighted by Crippen LogP contribution is 2.33. The molecule has 0 saturated heterocycles. The molecular formula is C37H41Cl2N3O6S. The summed E-state index contributed by atoms with van der Waals surface area (Å²) in [6, 6.07) is 22.8. The van der Waals surface area contributed by atoms with Crippen molar-refractivity contribution in [2.24, 2.45) is 0 Å². The van der Waals surface area contributed by atoms with E-state index >= 15 is 0 Å². The van der Waals surface area contributed by atoms with Crippen molar-refractivity contribution in [1.29, 1.82) is 0 Å². The number of aryl methyl sites for hydroxylation is 2. The summed E-state index contributed by atoms with van der Waals surface area (Å²) in [6.07, 6.45) is 0.842. The lowest BCUT2D eigenvalue weighted by Crippen LogP contribution is -2.53. The molecule has 0 aliphatic carbocycles. The first-order chi connectivity index (χ1) is 23.4. The third-order valence-electron chi connectivity index (χ3n) is 7.93. The number of methoxy groups -OCH3 is 2. The predicted octanol–water partition coefficient (Wildman–Crippen LogP) is 6.99. The normalized spacial score (nSPS) is 11.8. The van der Waals surface area contributed by atoms with Crippen LogP contribution in [0, 0.1) is 13.8 Å². The van der Waals surface area contributed by atoms with Gasteiger partial charge in [-0.25, -0.2) is 8.42 Å². The summed E-state index contributed by atoms with van der Waals surface area (Å²) in [6.45, 7) is 5.24. The topological polar surface area (TPSA) is 105 Å². The van der Waals surface area contributed by atoms with Crippen molar-refractivity contribution in [3.63, 3.8) is 0 Å². The maximum Gasteiger partial charge on any atom is 0.264 e. The van der Waals surface area contributed by atoms with Crippen LogP contribution in [0.25, 0.3) is 0 Å². The lowest BCUT2D eigenvalue weighted by Gasteiger charge is -2.34. The molecule has 260 valence electrons. The number of ether oxygens (including phenoxy) is 2. The van der Waals surface area contributed by atoms with Gasteiger partial charge in [-0.15, -0.1) is 0 Å². The molecule has 0 fully saturated rings. The Hall–Kier alpha value is -4.25. The summed E-state index contributed by atoms with van der Waals surface area (Å²) >= 11 is 13.2. The zero-order chi connectivity index (χ0) is 35.7. The molecular weight excluding hydrogens is 685 g/mol. The standard InChI is InChI=1S/C37H41Cl2N3O6S/c1-6-17-40-37(44)33(21-27-11-8-7-9-12-27)41(23-30-31(38)13-10-14-32(30)39)36(43)24-42(28-19-25(2)18-26(3)20-28)49(45,46)29-15-16-34(47-4)35(22-29)48-5/h7-16,18-20,22,33H,6,17,21,23-24H2,1-5H3,(H,40,44). The molecule has 2 amide bonds. The van der Waals surface area contributed by atoms with E-state index in [0.29, 0.717) is 34.3 Å². The van der Waals surface area contributed by atoms with Gasteiger partial charge in [-0.1, -0.05) is 72.6 Å². The third-order valence-corrected chi connectivity index (χ3v) is 10.4. The van der Waals surface area contributed by atoms with Crippen molar-refractivity contribution in [3.05, 3.63) is 117 Å². The molecule has 0 bridgehead atoms. The molecule has 0 spiro atoms. The van der Waals surface area contributed by atoms with Gasteiger partial charge in [0, 0.05) is 41.2 Å². The van der Waals surface area contributed by atoms with Gasteiger partial charge in [-0.05, 0) is 73.4 Å². The minimum absolute atomic E-state index is 0.112. The van der Waals surface area contributed by atoms with Crippen LogP contribution in [-0.4, -0.2) is 58.5 Å². The van der Waals surface area contributed by atoms with Gasteiger partial charge in [0.05, 0.1) is 24.8 Å². The molecule has 49 heavy (non-hydrogen) atoms. The highest BCUT2D eigenvalue weighted by Gasteiger charge is 2.35. The van der Waals surface area contributed by atoms with Crippen molar-refractivity contribution in [2.45, 2.75) is 51.1 Å². The van der Waals surface area contributed by atoms with Crippen molar-refractivity contribution in [3.8, 4) is 11.5 Å². The Morgan fingerprint density at radius 3 is 2.06 bits per heavy atom.